The molecule has 3 heterocycles. The lowest BCUT2D eigenvalue weighted by molar-refractivity contribution is -0.139. The highest BCUT2D eigenvalue weighted by Crippen LogP contribution is 2.29. The van der Waals surface area contributed by atoms with Gasteiger partial charge in [0, 0.05) is 30.1 Å². The van der Waals surface area contributed by atoms with Gasteiger partial charge in [-0.1, -0.05) is 12.1 Å². The number of hydrogen-bond acceptors (Lipinski definition) is 5. The molecule has 32 heavy (non-hydrogen) atoms. The number of halogens is 1. The maximum absolute atomic E-state index is 13.2. The van der Waals surface area contributed by atoms with Gasteiger partial charge in [-0.15, -0.1) is 0 Å². The van der Waals surface area contributed by atoms with Crippen molar-refractivity contribution in [2.24, 2.45) is 0 Å². The number of carbonyl (C=O) groups excluding carboxylic acids is 4. The Morgan fingerprint density at radius 3 is 2.50 bits per heavy atom. The summed E-state index contributed by atoms with van der Waals surface area (Å²) in [5, 5.41) is 9.21. The summed E-state index contributed by atoms with van der Waals surface area (Å²) < 4.78 is 13.2. The van der Waals surface area contributed by atoms with Crippen molar-refractivity contribution in [1.29, 1.82) is 0 Å². The van der Waals surface area contributed by atoms with E-state index in [9.17, 15) is 23.6 Å². The molecule has 0 bridgehead atoms. The van der Waals surface area contributed by atoms with Gasteiger partial charge in [0.2, 0.25) is 5.91 Å². The van der Waals surface area contributed by atoms with Crippen LogP contribution >= 0.6 is 11.3 Å². The van der Waals surface area contributed by atoms with Crippen molar-refractivity contribution in [2.45, 2.75) is 31.3 Å². The number of benzene rings is 1. The highest BCUT2D eigenvalue weighted by Gasteiger charge is 2.49. The monoisotopic (exact) mass is 458 g/mol. The largest absolute Gasteiger partial charge is 0.349 e. The van der Waals surface area contributed by atoms with E-state index in [1.165, 1.54) is 42.5 Å². The SMILES string of the molecule is CC1(c2ccc(F)cc2)NC(=O)N(CC(=O)N2CCC(NC(=O)c3ccsc3)CC2)C1=O. The number of rotatable bonds is 5. The van der Waals surface area contributed by atoms with Crippen molar-refractivity contribution in [1.82, 2.24) is 20.4 Å². The summed E-state index contributed by atoms with van der Waals surface area (Å²) in [5.74, 6) is -1.47. The minimum atomic E-state index is -1.36. The Hall–Kier alpha value is -3.27. The molecule has 1 aromatic carbocycles. The summed E-state index contributed by atoms with van der Waals surface area (Å²) in [7, 11) is 0. The summed E-state index contributed by atoms with van der Waals surface area (Å²) in [6.45, 7) is 2.01. The first-order chi connectivity index (χ1) is 15.3. The second-order valence-electron chi connectivity index (χ2n) is 8.09. The number of imide groups is 1. The number of carbonyl (C=O) groups is 4. The molecule has 2 aromatic rings. The molecule has 0 spiro atoms. The Bertz CT molecular complexity index is 1030. The summed E-state index contributed by atoms with van der Waals surface area (Å²) >= 11 is 1.45. The number of urea groups is 1. The predicted octanol–water partition coefficient (Wildman–Crippen LogP) is 2.08. The Morgan fingerprint density at radius 2 is 1.88 bits per heavy atom. The molecule has 0 saturated carbocycles. The molecule has 10 heteroatoms. The summed E-state index contributed by atoms with van der Waals surface area (Å²) in [6.07, 6.45) is 1.18. The number of likely N-dealkylation sites (tertiary alicyclic amines) is 1. The molecule has 8 nitrogen and oxygen atoms in total. The molecule has 1 unspecified atom stereocenters. The molecule has 168 valence electrons. The highest BCUT2D eigenvalue weighted by atomic mass is 32.1. The molecule has 2 aliphatic heterocycles. The smallest absolute Gasteiger partial charge is 0.325 e. The van der Waals surface area contributed by atoms with Crippen LogP contribution in [0.15, 0.2) is 41.1 Å². The minimum Gasteiger partial charge on any atom is -0.349 e. The second-order valence-corrected chi connectivity index (χ2v) is 8.87. The van der Waals surface area contributed by atoms with Crippen LogP contribution < -0.4 is 10.6 Å². The van der Waals surface area contributed by atoms with Crippen LogP contribution in [0.2, 0.25) is 0 Å². The lowest BCUT2D eigenvalue weighted by atomic mass is 9.92. The predicted molar refractivity (Wildman–Crippen MR) is 115 cm³/mol. The molecule has 1 atom stereocenters. The first-order valence-corrected chi connectivity index (χ1v) is 11.2. The Labute approximate surface area is 188 Å². The van der Waals surface area contributed by atoms with Gasteiger partial charge in [-0.05, 0) is 48.9 Å². The van der Waals surface area contributed by atoms with Crippen LogP contribution in [0.1, 0.15) is 35.7 Å². The third kappa shape index (κ3) is 4.22. The van der Waals surface area contributed by atoms with E-state index in [1.54, 1.807) is 16.3 Å². The zero-order valence-corrected chi connectivity index (χ0v) is 18.3. The van der Waals surface area contributed by atoms with E-state index in [1.807, 2.05) is 5.38 Å². The van der Waals surface area contributed by atoms with E-state index in [2.05, 4.69) is 10.6 Å². The summed E-state index contributed by atoms with van der Waals surface area (Å²) in [5.41, 5.74) is -0.296. The Morgan fingerprint density at radius 1 is 1.19 bits per heavy atom. The molecule has 0 radical (unpaired) electrons. The van der Waals surface area contributed by atoms with Gasteiger partial charge in [0.25, 0.3) is 11.8 Å². The van der Waals surface area contributed by atoms with Gasteiger partial charge in [-0.3, -0.25) is 19.3 Å². The number of nitrogens with zero attached hydrogens (tertiary/aromatic N) is 2. The van der Waals surface area contributed by atoms with Gasteiger partial charge in [-0.25, -0.2) is 9.18 Å². The van der Waals surface area contributed by atoms with E-state index in [0.717, 1.165) is 4.90 Å². The number of nitrogens with one attached hydrogen (secondary N) is 2. The first kappa shape index (κ1) is 21.9. The van der Waals surface area contributed by atoms with Crippen LogP contribution in [0, 0.1) is 5.82 Å². The number of piperidine rings is 1. The van der Waals surface area contributed by atoms with Gasteiger partial charge in [0.1, 0.15) is 17.9 Å². The van der Waals surface area contributed by atoms with Gasteiger partial charge >= 0.3 is 6.03 Å². The second kappa shape index (κ2) is 8.70. The first-order valence-electron chi connectivity index (χ1n) is 10.3. The quantitative estimate of drug-likeness (QED) is 0.671. The van der Waals surface area contributed by atoms with Crippen molar-refractivity contribution in [2.75, 3.05) is 19.6 Å². The Kier molecular flexibility index (Phi) is 5.96. The van der Waals surface area contributed by atoms with Crippen LogP contribution in [0.5, 0.6) is 0 Å². The molecule has 5 amide bonds. The molecule has 2 N–H and O–H groups in total. The lowest BCUT2D eigenvalue weighted by Crippen LogP contribution is -2.50. The van der Waals surface area contributed by atoms with Gasteiger partial charge in [-0.2, -0.15) is 11.3 Å². The minimum absolute atomic E-state index is 0.0371. The summed E-state index contributed by atoms with van der Waals surface area (Å²) in [6, 6.07) is 6.38. The highest BCUT2D eigenvalue weighted by molar-refractivity contribution is 7.08. The van der Waals surface area contributed by atoms with Crippen molar-refractivity contribution >= 4 is 35.1 Å². The van der Waals surface area contributed by atoms with Crippen molar-refractivity contribution in [3.8, 4) is 0 Å². The van der Waals surface area contributed by atoms with Gasteiger partial charge in [0.15, 0.2) is 0 Å². The normalized spacial score (nSPS) is 21.6. The number of hydrogen-bond donors (Lipinski definition) is 2. The molecule has 2 saturated heterocycles. The lowest BCUT2D eigenvalue weighted by Gasteiger charge is -2.33. The average molecular weight is 459 g/mol. The number of amides is 5. The molecule has 2 fully saturated rings. The van der Waals surface area contributed by atoms with Crippen molar-refractivity contribution < 1.29 is 23.6 Å². The van der Waals surface area contributed by atoms with Gasteiger partial charge in [0.05, 0.1) is 0 Å². The van der Waals surface area contributed by atoms with Crippen LogP contribution in [0.3, 0.4) is 0 Å². The van der Waals surface area contributed by atoms with Crippen LogP contribution in [-0.2, 0) is 15.1 Å². The maximum Gasteiger partial charge on any atom is 0.325 e. The molecular weight excluding hydrogens is 435 g/mol. The number of thiophene rings is 1. The summed E-state index contributed by atoms with van der Waals surface area (Å²) in [4.78, 5) is 52.9. The zero-order valence-electron chi connectivity index (χ0n) is 17.5. The molecule has 1 aromatic heterocycles. The molecule has 2 aliphatic rings. The van der Waals surface area contributed by atoms with E-state index in [4.69, 9.17) is 0 Å². The molecule has 4 rings (SSSR count). The van der Waals surface area contributed by atoms with E-state index >= 15 is 0 Å². The molecule has 0 aliphatic carbocycles. The van der Waals surface area contributed by atoms with Crippen LogP contribution in [0.4, 0.5) is 9.18 Å². The fraction of sp³-hybridized carbons (Fsp3) is 0.364. The zero-order chi connectivity index (χ0) is 22.9. The van der Waals surface area contributed by atoms with Crippen LogP contribution in [-0.4, -0.2) is 59.2 Å². The third-order valence-electron chi connectivity index (χ3n) is 5.96. The van der Waals surface area contributed by atoms with Crippen molar-refractivity contribution in [3.05, 3.63) is 58.0 Å². The topological polar surface area (TPSA) is 98.8 Å². The standard InChI is InChI=1S/C22H23FN4O4S/c1-22(15-2-4-16(23)5-3-15)20(30)27(21(31)25-22)12-18(28)26-9-6-17(7-10-26)24-19(29)14-8-11-32-13-14/h2-5,8,11,13,17H,6-7,9-10,12H2,1H3,(H,24,29)(H,25,31). The maximum atomic E-state index is 13.2. The fourth-order valence-corrected chi connectivity index (χ4v) is 4.63. The third-order valence-corrected chi connectivity index (χ3v) is 6.64. The fourth-order valence-electron chi connectivity index (χ4n) is 3.99. The van der Waals surface area contributed by atoms with Gasteiger partial charge < -0.3 is 15.5 Å². The Balaban J connectivity index is 1.33. The van der Waals surface area contributed by atoms with E-state index in [0.29, 0.717) is 37.1 Å². The van der Waals surface area contributed by atoms with Crippen molar-refractivity contribution in [3.63, 3.8) is 0 Å². The average Bonchev–Trinajstić information content (AvgIpc) is 3.39. The van der Waals surface area contributed by atoms with E-state index in [-0.39, 0.29) is 24.4 Å². The molecular formula is C22H23FN4O4S. The van der Waals surface area contributed by atoms with E-state index < -0.39 is 23.3 Å². The van der Waals surface area contributed by atoms with Crippen LogP contribution in [0.25, 0.3) is 0 Å².